The highest BCUT2D eigenvalue weighted by atomic mass is 35.5. The van der Waals surface area contributed by atoms with Crippen molar-refractivity contribution < 1.29 is 19.2 Å². The minimum Gasteiger partial charge on any atom is -0.457 e. The maximum absolute atomic E-state index is 13.5. The van der Waals surface area contributed by atoms with E-state index in [2.05, 4.69) is 0 Å². The van der Waals surface area contributed by atoms with Crippen LogP contribution < -0.4 is 10.2 Å². The first-order valence-electron chi connectivity index (χ1n) is 5.57. The van der Waals surface area contributed by atoms with Crippen LogP contribution in [-0.2, 0) is 0 Å². The Bertz CT molecular complexity index is 604. The highest BCUT2D eigenvalue weighted by Crippen LogP contribution is 2.26. The number of benzene rings is 2. The Balaban J connectivity index is 2.24. The molecule has 3 nitrogen and oxygen atoms in total. The minimum absolute atomic E-state index is 0.200. The van der Waals surface area contributed by atoms with Crippen LogP contribution in [0.25, 0.3) is 0 Å². The molecule has 2 rings (SSSR count). The van der Waals surface area contributed by atoms with Crippen molar-refractivity contribution in [1.29, 1.82) is 0 Å². The molecule has 0 radical (unpaired) electrons. The number of hydrogen-bond donors (Lipinski definition) is 2. The Morgan fingerprint density at radius 2 is 1.74 bits per heavy atom. The van der Waals surface area contributed by atoms with E-state index in [0.717, 1.165) is 11.6 Å². The molecule has 0 aromatic heterocycles. The van der Waals surface area contributed by atoms with Gasteiger partial charge < -0.3 is 14.8 Å². The number of halogens is 2. The van der Waals surface area contributed by atoms with Crippen LogP contribution in [0.5, 0.6) is 11.5 Å². The lowest BCUT2D eigenvalue weighted by Crippen LogP contribution is -2.32. The number of hydrogen-bond acceptors (Lipinski definition) is 3. The second kappa shape index (κ2) is 5.61. The van der Waals surface area contributed by atoms with E-state index in [-0.39, 0.29) is 11.2 Å². The SMILES string of the molecule is Cc1ccc(Oc2ccc(B(O)O)c(F)c2)cc1Cl. The van der Waals surface area contributed by atoms with Gasteiger partial charge in [-0.05, 0) is 30.7 Å². The standard InChI is InChI=1S/C13H11BClFO3/c1-8-2-3-9(6-12(8)15)19-10-4-5-11(14(17)18)13(16)7-10/h2-7,17-18H,1H3. The fraction of sp³-hybridized carbons (Fsp3) is 0.0769. The van der Waals surface area contributed by atoms with Crippen LogP contribution >= 0.6 is 11.6 Å². The van der Waals surface area contributed by atoms with Crippen molar-refractivity contribution in [2.45, 2.75) is 6.92 Å². The third-order valence-corrected chi connectivity index (χ3v) is 3.04. The average molecular weight is 280 g/mol. The Hall–Kier alpha value is -1.56. The summed E-state index contributed by atoms with van der Waals surface area (Å²) in [5.41, 5.74) is 0.716. The van der Waals surface area contributed by atoms with Crippen LogP contribution in [0, 0.1) is 12.7 Å². The Labute approximate surface area is 115 Å². The van der Waals surface area contributed by atoms with Crippen molar-refractivity contribution in [3.63, 3.8) is 0 Å². The van der Waals surface area contributed by atoms with Crippen LogP contribution in [0.2, 0.25) is 5.02 Å². The highest BCUT2D eigenvalue weighted by molar-refractivity contribution is 6.58. The van der Waals surface area contributed by atoms with Crippen LogP contribution in [0.3, 0.4) is 0 Å². The summed E-state index contributed by atoms with van der Waals surface area (Å²) < 4.78 is 19.0. The van der Waals surface area contributed by atoms with Crippen molar-refractivity contribution in [3.8, 4) is 11.5 Å². The molecule has 98 valence electrons. The topological polar surface area (TPSA) is 49.7 Å². The van der Waals surface area contributed by atoms with E-state index in [4.69, 9.17) is 26.4 Å². The lowest BCUT2D eigenvalue weighted by molar-refractivity contribution is 0.422. The van der Waals surface area contributed by atoms with Gasteiger partial charge in [-0.15, -0.1) is 0 Å². The van der Waals surface area contributed by atoms with E-state index in [0.29, 0.717) is 10.8 Å². The fourth-order valence-corrected chi connectivity index (χ4v) is 1.72. The third kappa shape index (κ3) is 3.26. The maximum atomic E-state index is 13.5. The molecule has 0 aliphatic rings. The lowest BCUT2D eigenvalue weighted by atomic mass is 9.80. The molecule has 0 saturated heterocycles. The summed E-state index contributed by atoms with van der Waals surface area (Å²) in [6.07, 6.45) is 0. The maximum Gasteiger partial charge on any atom is 0.491 e. The summed E-state index contributed by atoms with van der Waals surface area (Å²) in [5, 5.41) is 18.4. The Morgan fingerprint density at radius 1 is 1.11 bits per heavy atom. The van der Waals surface area contributed by atoms with Crippen molar-refractivity contribution >= 4 is 24.2 Å². The zero-order valence-electron chi connectivity index (χ0n) is 10.1. The fourth-order valence-electron chi connectivity index (χ4n) is 1.55. The van der Waals surface area contributed by atoms with E-state index in [1.807, 2.05) is 6.92 Å². The van der Waals surface area contributed by atoms with E-state index in [9.17, 15) is 4.39 Å². The summed E-state index contributed by atoms with van der Waals surface area (Å²) >= 11 is 5.96. The predicted octanol–water partition coefficient (Wildman–Crippen LogP) is 2.26. The predicted molar refractivity (Wildman–Crippen MR) is 72.5 cm³/mol. The number of rotatable bonds is 3. The van der Waals surface area contributed by atoms with Gasteiger partial charge in [-0.2, -0.15) is 0 Å². The number of ether oxygens (including phenoxy) is 1. The van der Waals surface area contributed by atoms with Crippen LogP contribution in [0.15, 0.2) is 36.4 Å². The Morgan fingerprint density at radius 3 is 2.32 bits per heavy atom. The normalized spacial score (nSPS) is 10.4. The monoisotopic (exact) mass is 280 g/mol. The van der Waals surface area contributed by atoms with Crippen LogP contribution in [0.1, 0.15) is 5.56 Å². The summed E-state index contributed by atoms with van der Waals surface area (Å²) in [7, 11) is -1.84. The van der Waals surface area contributed by atoms with Crippen molar-refractivity contribution in [2.24, 2.45) is 0 Å². The molecular weight excluding hydrogens is 269 g/mol. The van der Waals surface area contributed by atoms with E-state index >= 15 is 0 Å². The summed E-state index contributed by atoms with van der Waals surface area (Å²) in [4.78, 5) is 0. The number of aryl methyl sites for hydroxylation is 1. The summed E-state index contributed by atoms with van der Waals surface area (Å²) in [6, 6.07) is 8.93. The molecule has 2 N–H and O–H groups in total. The minimum atomic E-state index is -1.84. The largest absolute Gasteiger partial charge is 0.491 e. The van der Waals surface area contributed by atoms with Crippen LogP contribution in [0.4, 0.5) is 4.39 Å². The first-order valence-corrected chi connectivity index (χ1v) is 5.95. The second-order valence-corrected chi connectivity index (χ2v) is 4.48. The van der Waals surface area contributed by atoms with Crippen molar-refractivity contribution in [3.05, 3.63) is 52.8 Å². The molecule has 0 atom stereocenters. The molecule has 19 heavy (non-hydrogen) atoms. The second-order valence-electron chi connectivity index (χ2n) is 4.07. The molecule has 0 saturated carbocycles. The molecule has 2 aromatic carbocycles. The Kier molecular flexibility index (Phi) is 4.09. The smallest absolute Gasteiger partial charge is 0.457 e. The molecular formula is C13H11BClFO3. The molecule has 0 heterocycles. The molecule has 0 aliphatic heterocycles. The molecule has 0 spiro atoms. The van der Waals surface area contributed by atoms with Gasteiger partial charge in [0.05, 0.1) is 0 Å². The highest BCUT2D eigenvalue weighted by Gasteiger charge is 2.16. The lowest BCUT2D eigenvalue weighted by Gasteiger charge is -2.09. The zero-order chi connectivity index (χ0) is 14.0. The quantitative estimate of drug-likeness (QED) is 0.848. The summed E-state index contributed by atoms with van der Waals surface area (Å²) in [6.45, 7) is 1.86. The van der Waals surface area contributed by atoms with Gasteiger partial charge >= 0.3 is 7.12 Å². The zero-order valence-corrected chi connectivity index (χ0v) is 10.9. The van der Waals surface area contributed by atoms with Gasteiger partial charge in [0.25, 0.3) is 0 Å². The van der Waals surface area contributed by atoms with Gasteiger partial charge in [-0.3, -0.25) is 0 Å². The van der Waals surface area contributed by atoms with Gasteiger partial charge in [0.15, 0.2) is 0 Å². The average Bonchev–Trinajstić information content (AvgIpc) is 2.33. The van der Waals surface area contributed by atoms with Crippen LogP contribution in [-0.4, -0.2) is 17.2 Å². The van der Waals surface area contributed by atoms with Gasteiger partial charge in [0.1, 0.15) is 17.3 Å². The molecule has 0 amide bonds. The molecule has 0 fully saturated rings. The van der Waals surface area contributed by atoms with E-state index < -0.39 is 12.9 Å². The van der Waals surface area contributed by atoms with Gasteiger partial charge in [0, 0.05) is 16.6 Å². The van der Waals surface area contributed by atoms with Crippen molar-refractivity contribution in [1.82, 2.24) is 0 Å². The molecule has 0 aliphatic carbocycles. The first-order chi connectivity index (χ1) is 8.97. The molecule has 0 bridgehead atoms. The van der Waals surface area contributed by atoms with Gasteiger partial charge in [-0.25, -0.2) is 4.39 Å². The van der Waals surface area contributed by atoms with Crippen molar-refractivity contribution in [2.75, 3.05) is 0 Å². The molecule has 6 heteroatoms. The summed E-state index contributed by atoms with van der Waals surface area (Å²) in [5.74, 6) is -0.0141. The van der Waals surface area contributed by atoms with Gasteiger partial charge in [-0.1, -0.05) is 23.7 Å². The van der Waals surface area contributed by atoms with E-state index in [1.54, 1.807) is 18.2 Å². The van der Waals surface area contributed by atoms with E-state index in [1.165, 1.54) is 12.1 Å². The van der Waals surface area contributed by atoms with Gasteiger partial charge in [0.2, 0.25) is 0 Å². The first kappa shape index (κ1) is 13.9. The molecule has 2 aromatic rings. The third-order valence-electron chi connectivity index (χ3n) is 2.63. The molecule has 0 unspecified atom stereocenters.